The van der Waals surface area contributed by atoms with Crippen LogP contribution in [-0.4, -0.2) is 23.5 Å². The molecule has 0 aliphatic rings. The molecular weight excluding hydrogens is 262 g/mol. The minimum Gasteiger partial charge on any atom is -0.383 e. The van der Waals surface area contributed by atoms with E-state index in [0.29, 0.717) is 6.61 Å². The highest BCUT2D eigenvalue weighted by Crippen LogP contribution is 2.20. The standard InChI is InChI=1S/C14H19N3O.ClH/c1-11(15)12-3-5-13(6-4-12)14-9-16-17(10-14)7-8-18-2;/h3-6,9-11H,7-8,15H2,1-2H3;1H/t11-;/m0./s1. The zero-order chi connectivity index (χ0) is 13.0. The molecule has 2 rings (SSSR count). The van der Waals surface area contributed by atoms with Gasteiger partial charge in [-0.3, -0.25) is 4.68 Å². The molecule has 0 aliphatic heterocycles. The van der Waals surface area contributed by atoms with Gasteiger partial charge < -0.3 is 10.5 Å². The number of hydrogen-bond donors (Lipinski definition) is 1. The van der Waals surface area contributed by atoms with Gasteiger partial charge in [-0.25, -0.2) is 0 Å². The Morgan fingerprint density at radius 1 is 1.26 bits per heavy atom. The van der Waals surface area contributed by atoms with Crippen molar-refractivity contribution < 1.29 is 4.74 Å². The second kappa shape index (κ2) is 7.28. The summed E-state index contributed by atoms with van der Waals surface area (Å²) >= 11 is 0. The molecule has 0 spiro atoms. The van der Waals surface area contributed by atoms with Crippen molar-refractivity contribution in [3.05, 3.63) is 42.2 Å². The average Bonchev–Trinajstić information content (AvgIpc) is 2.85. The summed E-state index contributed by atoms with van der Waals surface area (Å²) in [6, 6.07) is 8.36. The molecule has 1 aromatic carbocycles. The molecule has 0 fully saturated rings. The maximum atomic E-state index is 5.83. The van der Waals surface area contributed by atoms with Crippen molar-refractivity contribution in [2.45, 2.75) is 19.5 Å². The zero-order valence-corrected chi connectivity index (χ0v) is 12.1. The minimum absolute atomic E-state index is 0. The lowest BCUT2D eigenvalue weighted by Crippen LogP contribution is -2.04. The second-order valence-corrected chi connectivity index (χ2v) is 4.40. The summed E-state index contributed by atoms with van der Waals surface area (Å²) in [5, 5.41) is 4.30. The molecule has 0 unspecified atom stereocenters. The van der Waals surface area contributed by atoms with Crippen LogP contribution in [0.25, 0.3) is 11.1 Å². The van der Waals surface area contributed by atoms with E-state index in [1.807, 2.05) is 24.0 Å². The van der Waals surface area contributed by atoms with Gasteiger partial charge in [0.25, 0.3) is 0 Å². The van der Waals surface area contributed by atoms with Crippen molar-refractivity contribution in [3.63, 3.8) is 0 Å². The Hall–Kier alpha value is -1.36. The highest BCUT2D eigenvalue weighted by Gasteiger charge is 2.03. The lowest BCUT2D eigenvalue weighted by Gasteiger charge is -2.05. The van der Waals surface area contributed by atoms with Crippen LogP contribution in [0.4, 0.5) is 0 Å². The maximum absolute atomic E-state index is 5.83. The Morgan fingerprint density at radius 2 is 1.95 bits per heavy atom. The van der Waals surface area contributed by atoms with Crippen LogP contribution < -0.4 is 5.73 Å². The quantitative estimate of drug-likeness (QED) is 0.917. The molecule has 0 bridgehead atoms. The SMILES string of the molecule is COCCn1cc(-c2ccc([C@H](C)N)cc2)cn1.Cl. The van der Waals surface area contributed by atoms with E-state index < -0.39 is 0 Å². The maximum Gasteiger partial charge on any atom is 0.0658 e. The summed E-state index contributed by atoms with van der Waals surface area (Å²) < 4.78 is 6.92. The molecular formula is C14H20ClN3O. The summed E-state index contributed by atoms with van der Waals surface area (Å²) in [6.07, 6.45) is 3.90. The number of nitrogens with two attached hydrogens (primary N) is 1. The van der Waals surface area contributed by atoms with Gasteiger partial charge in [-0.15, -0.1) is 12.4 Å². The third kappa shape index (κ3) is 4.06. The van der Waals surface area contributed by atoms with Crippen molar-refractivity contribution in [2.75, 3.05) is 13.7 Å². The first-order chi connectivity index (χ1) is 8.70. The van der Waals surface area contributed by atoms with Crippen molar-refractivity contribution >= 4 is 12.4 Å². The Labute approximate surface area is 120 Å². The van der Waals surface area contributed by atoms with Gasteiger partial charge >= 0.3 is 0 Å². The Bertz CT molecular complexity index is 494. The van der Waals surface area contributed by atoms with Crippen LogP contribution in [0.15, 0.2) is 36.7 Å². The molecule has 4 nitrogen and oxygen atoms in total. The van der Waals surface area contributed by atoms with E-state index in [9.17, 15) is 0 Å². The largest absolute Gasteiger partial charge is 0.383 e. The number of rotatable bonds is 5. The van der Waals surface area contributed by atoms with E-state index in [0.717, 1.165) is 23.2 Å². The number of benzene rings is 1. The predicted octanol–water partition coefficient (Wildman–Crippen LogP) is 2.64. The molecule has 2 aromatic rings. The molecule has 19 heavy (non-hydrogen) atoms. The molecule has 1 aromatic heterocycles. The highest BCUT2D eigenvalue weighted by atomic mass is 35.5. The van der Waals surface area contributed by atoms with Gasteiger partial charge in [0.15, 0.2) is 0 Å². The van der Waals surface area contributed by atoms with Crippen LogP contribution in [0.1, 0.15) is 18.5 Å². The van der Waals surface area contributed by atoms with Gasteiger partial charge in [0, 0.05) is 24.9 Å². The number of methoxy groups -OCH3 is 1. The van der Waals surface area contributed by atoms with E-state index in [-0.39, 0.29) is 18.4 Å². The Balaban J connectivity index is 0.00000180. The van der Waals surface area contributed by atoms with E-state index in [4.69, 9.17) is 10.5 Å². The normalized spacial score (nSPS) is 11.9. The van der Waals surface area contributed by atoms with Crippen LogP contribution in [0.3, 0.4) is 0 Å². The summed E-state index contributed by atoms with van der Waals surface area (Å²) in [4.78, 5) is 0. The van der Waals surface area contributed by atoms with Gasteiger partial charge in [-0.05, 0) is 18.1 Å². The number of halogens is 1. The van der Waals surface area contributed by atoms with Crippen LogP contribution in [0.5, 0.6) is 0 Å². The molecule has 0 aliphatic carbocycles. The fraction of sp³-hybridized carbons (Fsp3) is 0.357. The summed E-state index contributed by atoms with van der Waals surface area (Å²) in [7, 11) is 1.69. The lowest BCUT2D eigenvalue weighted by molar-refractivity contribution is 0.183. The first kappa shape index (κ1) is 15.7. The van der Waals surface area contributed by atoms with Crippen LogP contribution >= 0.6 is 12.4 Å². The number of aromatic nitrogens is 2. The smallest absolute Gasteiger partial charge is 0.0658 e. The van der Waals surface area contributed by atoms with Gasteiger partial charge in [-0.2, -0.15) is 5.10 Å². The molecule has 0 saturated carbocycles. The van der Waals surface area contributed by atoms with Crippen molar-refractivity contribution in [1.82, 2.24) is 9.78 Å². The molecule has 2 N–H and O–H groups in total. The average molecular weight is 282 g/mol. The second-order valence-electron chi connectivity index (χ2n) is 4.40. The molecule has 1 atom stereocenters. The third-order valence-electron chi connectivity index (χ3n) is 2.93. The van der Waals surface area contributed by atoms with Gasteiger partial charge in [-0.1, -0.05) is 24.3 Å². The molecule has 5 heteroatoms. The van der Waals surface area contributed by atoms with Crippen LogP contribution in [0.2, 0.25) is 0 Å². The highest BCUT2D eigenvalue weighted by molar-refractivity contribution is 5.85. The van der Waals surface area contributed by atoms with Crippen molar-refractivity contribution in [2.24, 2.45) is 5.73 Å². The number of nitrogens with zero attached hydrogens (tertiary/aromatic N) is 2. The van der Waals surface area contributed by atoms with Gasteiger partial charge in [0.2, 0.25) is 0 Å². The number of ether oxygens (including phenoxy) is 1. The number of hydrogen-bond acceptors (Lipinski definition) is 3. The first-order valence-electron chi connectivity index (χ1n) is 6.08. The zero-order valence-electron chi connectivity index (χ0n) is 11.2. The summed E-state index contributed by atoms with van der Waals surface area (Å²) in [6.45, 7) is 3.43. The van der Waals surface area contributed by atoms with E-state index in [1.165, 1.54) is 0 Å². The molecule has 0 saturated heterocycles. The topological polar surface area (TPSA) is 53.1 Å². The van der Waals surface area contributed by atoms with Crippen molar-refractivity contribution in [1.29, 1.82) is 0 Å². The van der Waals surface area contributed by atoms with E-state index in [1.54, 1.807) is 7.11 Å². The molecule has 0 radical (unpaired) electrons. The van der Waals surface area contributed by atoms with E-state index >= 15 is 0 Å². The molecule has 1 heterocycles. The third-order valence-corrected chi connectivity index (χ3v) is 2.93. The monoisotopic (exact) mass is 281 g/mol. The fourth-order valence-electron chi connectivity index (χ4n) is 1.80. The lowest BCUT2D eigenvalue weighted by atomic mass is 10.0. The van der Waals surface area contributed by atoms with Crippen molar-refractivity contribution in [3.8, 4) is 11.1 Å². The van der Waals surface area contributed by atoms with Gasteiger partial charge in [0.1, 0.15) is 0 Å². The first-order valence-corrected chi connectivity index (χ1v) is 6.08. The summed E-state index contributed by atoms with van der Waals surface area (Å²) in [5.41, 5.74) is 9.24. The Morgan fingerprint density at radius 3 is 2.53 bits per heavy atom. The molecule has 0 amide bonds. The van der Waals surface area contributed by atoms with Crippen LogP contribution in [0, 0.1) is 0 Å². The van der Waals surface area contributed by atoms with Gasteiger partial charge in [0.05, 0.1) is 19.3 Å². The molecule has 104 valence electrons. The minimum atomic E-state index is 0. The Kier molecular flexibility index (Phi) is 6.02. The van der Waals surface area contributed by atoms with E-state index in [2.05, 4.69) is 29.4 Å². The summed E-state index contributed by atoms with van der Waals surface area (Å²) in [5.74, 6) is 0. The predicted molar refractivity (Wildman–Crippen MR) is 79.4 cm³/mol. The van der Waals surface area contributed by atoms with Crippen LogP contribution in [-0.2, 0) is 11.3 Å². The fourth-order valence-corrected chi connectivity index (χ4v) is 1.80.